The summed E-state index contributed by atoms with van der Waals surface area (Å²) in [6.45, 7) is 3.07. The molecule has 0 radical (unpaired) electrons. The van der Waals surface area contributed by atoms with Gasteiger partial charge < -0.3 is 18.6 Å². The summed E-state index contributed by atoms with van der Waals surface area (Å²) in [5.74, 6) is -0.0102. The summed E-state index contributed by atoms with van der Waals surface area (Å²) in [7, 11) is 0. The number of halogens is 1. The monoisotopic (exact) mass is 438 g/mol. The van der Waals surface area contributed by atoms with Crippen LogP contribution in [0.3, 0.4) is 0 Å². The van der Waals surface area contributed by atoms with Gasteiger partial charge >= 0.3 is 6.09 Å². The number of amides is 1. The number of anilines is 1. The Kier molecular flexibility index (Phi) is 5.72. The SMILES string of the molecule is O=C(Nc1ccc2ocnc2c1)OCCCN1CCC(c2noc3cc(F)ccc23)CC1. The van der Waals surface area contributed by atoms with E-state index in [0.29, 0.717) is 34.9 Å². The van der Waals surface area contributed by atoms with Crippen LogP contribution in [-0.4, -0.2) is 47.4 Å². The number of aromatic nitrogens is 2. The first-order valence-corrected chi connectivity index (χ1v) is 10.7. The van der Waals surface area contributed by atoms with Crippen molar-refractivity contribution in [3.8, 4) is 0 Å². The summed E-state index contributed by atoms with van der Waals surface area (Å²) in [5.41, 5.74) is 3.37. The molecule has 0 saturated carbocycles. The zero-order chi connectivity index (χ0) is 21.9. The molecule has 166 valence electrons. The lowest BCUT2D eigenvalue weighted by molar-refractivity contribution is 0.145. The lowest BCUT2D eigenvalue weighted by atomic mass is 9.91. The molecule has 3 heterocycles. The van der Waals surface area contributed by atoms with Crippen molar-refractivity contribution in [1.29, 1.82) is 0 Å². The largest absolute Gasteiger partial charge is 0.449 e. The highest BCUT2D eigenvalue weighted by atomic mass is 19.1. The number of likely N-dealkylation sites (tertiary alicyclic amines) is 1. The molecule has 9 heteroatoms. The predicted molar refractivity (Wildman–Crippen MR) is 116 cm³/mol. The molecule has 8 nitrogen and oxygen atoms in total. The van der Waals surface area contributed by atoms with E-state index in [1.807, 2.05) is 0 Å². The van der Waals surface area contributed by atoms with Crippen LogP contribution in [0, 0.1) is 5.82 Å². The molecule has 1 aliphatic heterocycles. The molecule has 0 bridgehead atoms. The van der Waals surface area contributed by atoms with Gasteiger partial charge in [0.1, 0.15) is 11.3 Å². The summed E-state index contributed by atoms with van der Waals surface area (Å²) in [6.07, 6.45) is 3.56. The van der Waals surface area contributed by atoms with E-state index >= 15 is 0 Å². The Morgan fingerprint density at radius 2 is 2.06 bits per heavy atom. The van der Waals surface area contributed by atoms with Crippen molar-refractivity contribution in [3.63, 3.8) is 0 Å². The lowest BCUT2D eigenvalue weighted by Crippen LogP contribution is -2.34. The molecule has 32 heavy (non-hydrogen) atoms. The first-order chi connectivity index (χ1) is 15.7. The van der Waals surface area contributed by atoms with E-state index in [1.54, 1.807) is 24.3 Å². The van der Waals surface area contributed by atoms with Crippen LogP contribution < -0.4 is 5.32 Å². The van der Waals surface area contributed by atoms with Gasteiger partial charge in [0.25, 0.3) is 0 Å². The molecule has 5 rings (SSSR count). The molecule has 1 amide bonds. The minimum Gasteiger partial charge on any atom is -0.449 e. The number of carbonyl (C=O) groups is 1. The van der Waals surface area contributed by atoms with Crippen LogP contribution in [0.25, 0.3) is 22.1 Å². The maximum atomic E-state index is 13.4. The fourth-order valence-corrected chi connectivity index (χ4v) is 4.20. The first-order valence-electron chi connectivity index (χ1n) is 10.7. The number of benzene rings is 2. The maximum absolute atomic E-state index is 13.4. The number of fused-ring (bicyclic) bond motifs is 2. The number of ether oxygens (including phenoxy) is 1. The van der Waals surface area contributed by atoms with Crippen LogP contribution >= 0.6 is 0 Å². The fraction of sp³-hybridized carbons (Fsp3) is 0.348. The number of piperidine rings is 1. The van der Waals surface area contributed by atoms with Gasteiger partial charge in [0.2, 0.25) is 0 Å². The molecule has 0 aliphatic carbocycles. The molecule has 4 aromatic rings. The van der Waals surface area contributed by atoms with Crippen LogP contribution in [0.15, 0.2) is 51.7 Å². The lowest BCUT2D eigenvalue weighted by Gasteiger charge is -2.31. The summed E-state index contributed by atoms with van der Waals surface area (Å²) in [5, 5.41) is 7.80. The minimum atomic E-state index is -0.485. The number of hydrogen-bond acceptors (Lipinski definition) is 7. The van der Waals surface area contributed by atoms with Crippen LogP contribution in [0.4, 0.5) is 14.9 Å². The molecule has 0 unspecified atom stereocenters. The highest BCUT2D eigenvalue weighted by molar-refractivity contribution is 5.88. The summed E-state index contributed by atoms with van der Waals surface area (Å²) >= 11 is 0. The van der Waals surface area contributed by atoms with Gasteiger partial charge in [-0.2, -0.15) is 0 Å². The van der Waals surface area contributed by atoms with Crippen molar-refractivity contribution in [3.05, 3.63) is 54.3 Å². The van der Waals surface area contributed by atoms with E-state index < -0.39 is 6.09 Å². The Bertz CT molecular complexity index is 1230. The third-order valence-corrected chi connectivity index (χ3v) is 5.86. The second-order valence-electron chi connectivity index (χ2n) is 7.97. The second-order valence-corrected chi connectivity index (χ2v) is 7.97. The van der Waals surface area contributed by atoms with Gasteiger partial charge in [-0.25, -0.2) is 14.2 Å². The van der Waals surface area contributed by atoms with Crippen molar-refractivity contribution < 1.29 is 22.9 Å². The summed E-state index contributed by atoms with van der Waals surface area (Å²) in [4.78, 5) is 18.4. The number of nitrogens with zero attached hydrogens (tertiary/aromatic N) is 3. The van der Waals surface area contributed by atoms with Gasteiger partial charge in [-0.3, -0.25) is 5.32 Å². The second kappa shape index (κ2) is 8.96. The topological polar surface area (TPSA) is 93.6 Å². The number of oxazole rings is 1. The fourth-order valence-electron chi connectivity index (χ4n) is 4.20. The standard InChI is InChI=1S/C23H23FN4O4/c24-16-2-4-18-21(12-16)32-27-22(18)15-6-9-28(10-7-15)8-1-11-30-23(29)26-17-3-5-20-19(13-17)25-14-31-20/h2-5,12-15H,1,6-11H2,(H,26,29). The van der Waals surface area contributed by atoms with Gasteiger partial charge in [-0.05, 0) is 62.7 Å². The van der Waals surface area contributed by atoms with Crippen molar-refractivity contribution in [2.75, 3.05) is 31.6 Å². The van der Waals surface area contributed by atoms with Gasteiger partial charge in [0, 0.05) is 29.6 Å². The summed E-state index contributed by atoms with van der Waals surface area (Å²) < 4.78 is 29.1. The molecule has 1 fully saturated rings. The maximum Gasteiger partial charge on any atom is 0.411 e. The number of rotatable bonds is 6. The van der Waals surface area contributed by atoms with Crippen LogP contribution in [0.1, 0.15) is 30.9 Å². The molecular formula is C23H23FN4O4. The van der Waals surface area contributed by atoms with Gasteiger partial charge in [-0.15, -0.1) is 0 Å². The Hall–Kier alpha value is -3.46. The smallest absolute Gasteiger partial charge is 0.411 e. The Morgan fingerprint density at radius 3 is 2.94 bits per heavy atom. The van der Waals surface area contributed by atoms with Gasteiger partial charge in [-0.1, -0.05) is 5.16 Å². The molecule has 1 N–H and O–H groups in total. The Labute approximate surface area is 183 Å². The molecule has 0 spiro atoms. The molecule has 1 aliphatic rings. The average Bonchev–Trinajstić information content (AvgIpc) is 3.43. The Balaban J connectivity index is 1.04. The molecule has 1 saturated heterocycles. The zero-order valence-corrected chi connectivity index (χ0v) is 17.4. The zero-order valence-electron chi connectivity index (χ0n) is 17.4. The van der Waals surface area contributed by atoms with E-state index in [1.165, 1.54) is 18.5 Å². The van der Waals surface area contributed by atoms with Crippen molar-refractivity contribution in [2.45, 2.75) is 25.2 Å². The highest BCUT2D eigenvalue weighted by Crippen LogP contribution is 2.32. The van der Waals surface area contributed by atoms with E-state index in [4.69, 9.17) is 13.7 Å². The minimum absolute atomic E-state index is 0.307. The van der Waals surface area contributed by atoms with E-state index in [2.05, 4.69) is 20.4 Å². The first kappa shape index (κ1) is 20.4. The third kappa shape index (κ3) is 4.43. The molecule has 2 aromatic heterocycles. The molecule has 2 aromatic carbocycles. The normalized spacial score (nSPS) is 15.4. The van der Waals surface area contributed by atoms with Gasteiger partial charge in [0.05, 0.1) is 12.3 Å². The third-order valence-electron chi connectivity index (χ3n) is 5.86. The van der Waals surface area contributed by atoms with E-state index in [9.17, 15) is 9.18 Å². The van der Waals surface area contributed by atoms with Crippen molar-refractivity contribution >= 4 is 33.8 Å². The average molecular weight is 438 g/mol. The van der Waals surface area contributed by atoms with Crippen molar-refractivity contribution in [2.24, 2.45) is 0 Å². The van der Waals surface area contributed by atoms with Crippen LogP contribution in [0.5, 0.6) is 0 Å². The predicted octanol–water partition coefficient (Wildman–Crippen LogP) is 4.93. The van der Waals surface area contributed by atoms with Crippen molar-refractivity contribution in [1.82, 2.24) is 15.0 Å². The number of nitrogens with one attached hydrogen (secondary N) is 1. The number of hydrogen-bond donors (Lipinski definition) is 1. The van der Waals surface area contributed by atoms with E-state index in [-0.39, 0.29) is 5.82 Å². The highest BCUT2D eigenvalue weighted by Gasteiger charge is 2.25. The molecular weight excluding hydrogens is 415 g/mol. The van der Waals surface area contributed by atoms with Crippen LogP contribution in [-0.2, 0) is 4.74 Å². The van der Waals surface area contributed by atoms with Gasteiger partial charge in [0.15, 0.2) is 17.6 Å². The quantitative estimate of drug-likeness (QED) is 0.427. The molecule has 0 atom stereocenters. The Morgan fingerprint density at radius 1 is 1.19 bits per heavy atom. The van der Waals surface area contributed by atoms with Crippen LogP contribution in [0.2, 0.25) is 0 Å². The van der Waals surface area contributed by atoms with E-state index in [0.717, 1.165) is 50.0 Å². The number of carbonyl (C=O) groups excluding carboxylic acids is 1. The summed E-state index contributed by atoms with van der Waals surface area (Å²) in [6, 6.07) is 9.80.